The molecule has 1 fully saturated rings. The van der Waals surface area contributed by atoms with Crippen molar-refractivity contribution in [3.8, 4) is 0 Å². The Bertz CT molecular complexity index is 67.3. The van der Waals surface area contributed by atoms with Crippen molar-refractivity contribution in [2.45, 2.75) is 39.1 Å². The fourth-order valence-electron chi connectivity index (χ4n) is 0.759. The SMILES string of the molecule is CC.OC1CCOC(O)C1. The second-order valence-corrected chi connectivity index (χ2v) is 2.00. The van der Waals surface area contributed by atoms with Gasteiger partial charge in [-0.25, -0.2) is 0 Å². The number of ether oxygens (including phenoxy) is 1. The highest BCUT2D eigenvalue weighted by Crippen LogP contribution is 2.10. The van der Waals surface area contributed by atoms with Crippen LogP contribution in [-0.4, -0.2) is 29.2 Å². The molecule has 3 heteroatoms. The van der Waals surface area contributed by atoms with E-state index in [0.717, 1.165) is 0 Å². The summed E-state index contributed by atoms with van der Waals surface area (Å²) in [7, 11) is 0. The highest BCUT2D eigenvalue weighted by atomic mass is 16.6. The number of aliphatic hydroxyl groups is 2. The Morgan fingerprint density at radius 3 is 2.20 bits per heavy atom. The minimum absolute atomic E-state index is 0.361. The van der Waals surface area contributed by atoms with Crippen LogP contribution in [-0.2, 0) is 4.74 Å². The minimum atomic E-state index is -0.737. The fourth-order valence-corrected chi connectivity index (χ4v) is 0.759. The van der Waals surface area contributed by atoms with E-state index in [2.05, 4.69) is 0 Å². The average molecular weight is 148 g/mol. The monoisotopic (exact) mass is 148 g/mol. The van der Waals surface area contributed by atoms with Crippen LogP contribution in [0.1, 0.15) is 26.7 Å². The van der Waals surface area contributed by atoms with Crippen LogP contribution in [0.15, 0.2) is 0 Å². The van der Waals surface area contributed by atoms with Crippen molar-refractivity contribution in [2.24, 2.45) is 0 Å². The zero-order chi connectivity index (χ0) is 7.98. The Balaban J connectivity index is 0.000000371. The average Bonchev–Trinajstić information content (AvgIpc) is 1.91. The van der Waals surface area contributed by atoms with Crippen molar-refractivity contribution in [1.29, 1.82) is 0 Å². The maximum absolute atomic E-state index is 8.84. The molecule has 0 aromatic heterocycles. The lowest BCUT2D eigenvalue weighted by atomic mass is 10.1. The van der Waals surface area contributed by atoms with Gasteiger partial charge in [0.2, 0.25) is 0 Å². The molecular weight excluding hydrogens is 132 g/mol. The second-order valence-electron chi connectivity index (χ2n) is 2.00. The van der Waals surface area contributed by atoms with E-state index in [9.17, 15) is 0 Å². The molecule has 1 rings (SSSR count). The van der Waals surface area contributed by atoms with Gasteiger partial charge < -0.3 is 14.9 Å². The van der Waals surface area contributed by atoms with Crippen LogP contribution in [0, 0.1) is 0 Å². The van der Waals surface area contributed by atoms with Gasteiger partial charge in [-0.15, -0.1) is 0 Å². The van der Waals surface area contributed by atoms with E-state index in [1.54, 1.807) is 0 Å². The lowest BCUT2D eigenvalue weighted by molar-refractivity contribution is -0.152. The van der Waals surface area contributed by atoms with Crippen LogP contribution >= 0.6 is 0 Å². The molecule has 1 aliphatic heterocycles. The summed E-state index contributed by atoms with van der Waals surface area (Å²) in [6.45, 7) is 4.47. The van der Waals surface area contributed by atoms with E-state index in [0.29, 0.717) is 19.4 Å². The van der Waals surface area contributed by atoms with Gasteiger partial charge in [0.05, 0.1) is 12.7 Å². The molecule has 1 aliphatic rings. The van der Waals surface area contributed by atoms with E-state index in [-0.39, 0.29) is 6.10 Å². The smallest absolute Gasteiger partial charge is 0.156 e. The minimum Gasteiger partial charge on any atom is -0.393 e. The number of aliphatic hydroxyl groups excluding tert-OH is 2. The molecule has 62 valence electrons. The summed E-state index contributed by atoms with van der Waals surface area (Å²) < 4.78 is 4.74. The maximum Gasteiger partial charge on any atom is 0.156 e. The molecule has 0 radical (unpaired) electrons. The molecule has 0 saturated carbocycles. The Morgan fingerprint density at radius 1 is 1.30 bits per heavy atom. The predicted octanol–water partition coefficient (Wildman–Crippen LogP) is 0.502. The van der Waals surface area contributed by atoms with Gasteiger partial charge in [0, 0.05) is 6.42 Å². The summed E-state index contributed by atoms with van der Waals surface area (Å²) in [6.07, 6.45) is -0.0886. The zero-order valence-electron chi connectivity index (χ0n) is 6.58. The molecule has 0 bridgehead atoms. The van der Waals surface area contributed by atoms with Crippen molar-refractivity contribution in [3.05, 3.63) is 0 Å². The van der Waals surface area contributed by atoms with E-state index in [1.807, 2.05) is 13.8 Å². The molecule has 0 aromatic carbocycles. The van der Waals surface area contributed by atoms with Gasteiger partial charge >= 0.3 is 0 Å². The molecule has 2 atom stereocenters. The molecule has 0 aliphatic carbocycles. The first kappa shape index (κ1) is 9.88. The maximum atomic E-state index is 8.84. The first-order valence-corrected chi connectivity index (χ1v) is 3.77. The predicted molar refractivity (Wildman–Crippen MR) is 38.5 cm³/mol. The van der Waals surface area contributed by atoms with Gasteiger partial charge in [-0.05, 0) is 6.42 Å². The van der Waals surface area contributed by atoms with Crippen LogP contribution in [0.4, 0.5) is 0 Å². The largest absolute Gasteiger partial charge is 0.393 e. The number of hydrogen-bond acceptors (Lipinski definition) is 3. The summed E-state index contributed by atoms with van der Waals surface area (Å²) in [5.41, 5.74) is 0. The molecule has 0 amide bonds. The van der Waals surface area contributed by atoms with Gasteiger partial charge in [-0.1, -0.05) is 13.8 Å². The van der Waals surface area contributed by atoms with E-state index in [4.69, 9.17) is 14.9 Å². The van der Waals surface area contributed by atoms with Gasteiger partial charge in [-0.3, -0.25) is 0 Å². The summed E-state index contributed by atoms with van der Waals surface area (Å²) in [6, 6.07) is 0. The molecular formula is C7H16O3. The topological polar surface area (TPSA) is 49.7 Å². The Kier molecular flexibility index (Phi) is 5.58. The third-order valence-corrected chi connectivity index (χ3v) is 1.24. The fraction of sp³-hybridized carbons (Fsp3) is 1.00. The quantitative estimate of drug-likeness (QED) is 0.526. The highest BCUT2D eigenvalue weighted by molar-refractivity contribution is 4.61. The second kappa shape index (κ2) is 5.65. The van der Waals surface area contributed by atoms with Crippen molar-refractivity contribution in [2.75, 3.05) is 6.61 Å². The van der Waals surface area contributed by atoms with Crippen LogP contribution in [0.25, 0.3) is 0 Å². The summed E-state index contributed by atoms with van der Waals surface area (Å²) >= 11 is 0. The van der Waals surface area contributed by atoms with Gasteiger partial charge in [0.1, 0.15) is 0 Å². The summed E-state index contributed by atoms with van der Waals surface area (Å²) in [5.74, 6) is 0. The van der Waals surface area contributed by atoms with Gasteiger partial charge in [0.15, 0.2) is 6.29 Å². The number of rotatable bonds is 0. The molecule has 1 heterocycles. The Labute approximate surface area is 61.6 Å². The standard InChI is InChI=1S/C5H10O3.C2H6/c6-4-1-2-8-5(7)3-4;1-2/h4-7H,1-3H2;1-2H3. The molecule has 1 saturated heterocycles. The molecule has 10 heavy (non-hydrogen) atoms. The Hall–Kier alpha value is -0.120. The van der Waals surface area contributed by atoms with E-state index < -0.39 is 6.29 Å². The molecule has 2 unspecified atom stereocenters. The van der Waals surface area contributed by atoms with Crippen LogP contribution < -0.4 is 0 Å². The molecule has 3 nitrogen and oxygen atoms in total. The van der Waals surface area contributed by atoms with Crippen LogP contribution in [0.5, 0.6) is 0 Å². The zero-order valence-corrected chi connectivity index (χ0v) is 6.58. The molecule has 2 N–H and O–H groups in total. The molecule has 0 aromatic rings. The number of hydrogen-bond donors (Lipinski definition) is 2. The van der Waals surface area contributed by atoms with Crippen molar-refractivity contribution in [3.63, 3.8) is 0 Å². The van der Waals surface area contributed by atoms with Crippen LogP contribution in [0.3, 0.4) is 0 Å². The lowest BCUT2D eigenvalue weighted by Gasteiger charge is -2.21. The van der Waals surface area contributed by atoms with Crippen molar-refractivity contribution < 1.29 is 14.9 Å². The van der Waals surface area contributed by atoms with E-state index >= 15 is 0 Å². The third kappa shape index (κ3) is 3.82. The van der Waals surface area contributed by atoms with Crippen molar-refractivity contribution in [1.82, 2.24) is 0 Å². The lowest BCUT2D eigenvalue weighted by Crippen LogP contribution is -2.28. The third-order valence-electron chi connectivity index (χ3n) is 1.24. The van der Waals surface area contributed by atoms with E-state index in [1.165, 1.54) is 0 Å². The van der Waals surface area contributed by atoms with Crippen LogP contribution in [0.2, 0.25) is 0 Å². The normalized spacial score (nSPS) is 32.4. The van der Waals surface area contributed by atoms with Gasteiger partial charge in [0.25, 0.3) is 0 Å². The highest BCUT2D eigenvalue weighted by Gasteiger charge is 2.17. The first-order chi connectivity index (χ1) is 4.79. The van der Waals surface area contributed by atoms with Gasteiger partial charge in [-0.2, -0.15) is 0 Å². The molecule has 0 spiro atoms. The summed E-state index contributed by atoms with van der Waals surface area (Å²) in [4.78, 5) is 0. The summed E-state index contributed by atoms with van der Waals surface area (Å²) in [5, 5.41) is 17.5. The van der Waals surface area contributed by atoms with Crippen molar-refractivity contribution >= 4 is 0 Å². The first-order valence-electron chi connectivity index (χ1n) is 3.77. The Morgan fingerprint density at radius 2 is 1.90 bits per heavy atom.